The third-order valence-corrected chi connectivity index (χ3v) is 8.59. The fraction of sp³-hybridized carbons (Fsp3) is 0.472. The van der Waals surface area contributed by atoms with Gasteiger partial charge < -0.3 is 18.9 Å². The van der Waals surface area contributed by atoms with Gasteiger partial charge in [-0.1, -0.05) is 51.0 Å². The van der Waals surface area contributed by atoms with Crippen LogP contribution in [0.15, 0.2) is 60.7 Å². The molecule has 0 spiro atoms. The fourth-order valence-corrected chi connectivity index (χ4v) is 6.14. The van der Waals surface area contributed by atoms with Crippen LogP contribution in [0, 0.1) is 17.2 Å². The molecule has 1 heterocycles. The monoisotopic (exact) mass is 574 g/mol. The van der Waals surface area contributed by atoms with Gasteiger partial charge in [0.25, 0.3) is 0 Å². The van der Waals surface area contributed by atoms with Crippen LogP contribution in [0.1, 0.15) is 88.0 Å². The quantitative estimate of drug-likeness (QED) is 0.202. The van der Waals surface area contributed by atoms with E-state index in [9.17, 15) is 4.79 Å². The molecule has 3 aromatic rings. The summed E-state index contributed by atoms with van der Waals surface area (Å²) in [5, 5.41) is 0. The number of benzene rings is 3. The van der Waals surface area contributed by atoms with Gasteiger partial charge in [-0.25, -0.2) is 4.39 Å². The van der Waals surface area contributed by atoms with Gasteiger partial charge in [-0.05, 0) is 102 Å². The van der Waals surface area contributed by atoms with Crippen molar-refractivity contribution in [3.8, 4) is 22.6 Å². The van der Waals surface area contributed by atoms with Crippen LogP contribution in [0.5, 0.6) is 11.5 Å². The van der Waals surface area contributed by atoms with E-state index >= 15 is 4.39 Å². The first-order valence-corrected chi connectivity index (χ1v) is 15.2. The summed E-state index contributed by atoms with van der Waals surface area (Å²) in [5.74, 6) is 1.73. The van der Waals surface area contributed by atoms with Crippen LogP contribution in [-0.4, -0.2) is 26.3 Å². The third-order valence-electron chi connectivity index (χ3n) is 8.59. The summed E-state index contributed by atoms with van der Waals surface area (Å²) in [6.45, 7) is 7.70. The average molecular weight is 575 g/mol. The second kappa shape index (κ2) is 13.3. The van der Waals surface area contributed by atoms with Crippen molar-refractivity contribution in [3.05, 3.63) is 83.2 Å². The predicted octanol–water partition coefficient (Wildman–Crippen LogP) is 8.79. The Balaban J connectivity index is 1.40. The molecule has 2 fully saturated rings. The van der Waals surface area contributed by atoms with E-state index in [1.165, 1.54) is 18.9 Å². The van der Waals surface area contributed by atoms with Gasteiger partial charge in [0.15, 0.2) is 0 Å². The molecule has 1 saturated carbocycles. The number of methoxy groups -OCH3 is 1. The molecule has 3 aromatic carbocycles. The second-order valence-corrected chi connectivity index (χ2v) is 12.4. The Morgan fingerprint density at radius 2 is 1.88 bits per heavy atom. The Kier molecular flexibility index (Phi) is 9.52. The summed E-state index contributed by atoms with van der Waals surface area (Å²) in [7, 11) is 1.59. The highest BCUT2D eigenvalue weighted by molar-refractivity contribution is 5.71. The van der Waals surface area contributed by atoms with E-state index in [0.29, 0.717) is 43.5 Å². The average Bonchev–Trinajstić information content (AvgIpc) is 3.80. The highest BCUT2D eigenvalue weighted by Crippen LogP contribution is 2.47. The molecule has 224 valence electrons. The van der Waals surface area contributed by atoms with Gasteiger partial charge in [-0.15, -0.1) is 0 Å². The summed E-state index contributed by atoms with van der Waals surface area (Å²) in [5.41, 5.74) is 4.24. The molecular weight excluding hydrogens is 531 g/mol. The minimum atomic E-state index is -0.296. The first kappa shape index (κ1) is 30.1. The van der Waals surface area contributed by atoms with Gasteiger partial charge in [-0.2, -0.15) is 0 Å². The van der Waals surface area contributed by atoms with Gasteiger partial charge in [0.05, 0.1) is 26.2 Å². The smallest absolute Gasteiger partial charge is 0.306 e. The molecular formula is C36H43FO5. The number of hydrogen-bond acceptors (Lipinski definition) is 5. The lowest BCUT2D eigenvalue weighted by Crippen LogP contribution is -2.30. The van der Waals surface area contributed by atoms with Crippen molar-refractivity contribution in [3.63, 3.8) is 0 Å². The zero-order valence-corrected chi connectivity index (χ0v) is 25.3. The van der Waals surface area contributed by atoms with Gasteiger partial charge >= 0.3 is 5.97 Å². The molecule has 2 aliphatic rings. The number of esters is 1. The van der Waals surface area contributed by atoms with E-state index in [1.807, 2.05) is 31.2 Å². The minimum Gasteiger partial charge on any atom is -0.497 e. The normalized spacial score (nSPS) is 18.7. The van der Waals surface area contributed by atoms with Gasteiger partial charge in [-0.3, -0.25) is 4.79 Å². The number of carbonyl (C=O) groups is 1. The maximum Gasteiger partial charge on any atom is 0.306 e. The van der Waals surface area contributed by atoms with Crippen LogP contribution in [0.4, 0.5) is 4.39 Å². The Bertz CT molecular complexity index is 1380. The van der Waals surface area contributed by atoms with Crippen LogP contribution in [0.25, 0.3) is 11.1 Å². The first-order valence-electron chi connectivity index (χ1n) is 15.2. The molecule has 0 amide bonds. The molecule has 6 heteroatoms. The highest BCUT2D eigenvalue weighted by Gasteiger charge is 2.36. The van der Waals surface area contributed by atoms with E-state index in [2.05, 4.69) is 32.0 Å². The summed E-state index contributed by atoms with van der Waals surface area (Å²) in [6, 6.07) is 19.0. The van der Waals surface area contributed by atoms with Crippen molar-refractivity contribution in [2.24, 2.45) is 11.3 Å². The Hall–Kier alpha value is -3.38. The van der Waals surface area contributed by atoms with E-state index in [1.54, 1.807) is 19.2 Å². The number of carbonyl (C=O) groups excluding carboxylic acids is 1. The van der Waals surface area contributed by atoms with E-state index in [0.717, 1.165) is 47.3 Å². The van der Waals surface area contributed by atoms with Gasteiger partial charge in [0, 0.05) is 12.2 Å². The van der Waals surface area contributed by atoms with Crippen molar-refractivity contribution >= 4 is 5.97 Å². The molecule has 0 bridgehead atoms. The van der Waals surface area contributed by atoms with E-state index in [-0.39, 0.29) is 29.2 Å². The number of ether oxygens (including phenoxy) is 4. The lowest BCUT2D eigenvalue weighted by atomic mass is 9.75. The van der Waals surface area contributed by atoms with Crippen molar-refractivity contribution in [1.29, 1.82) is 0 Å². The molecule has 0 radical (unpaired) electrons. The maximum absolute atomic E-state index is 15.2. The Morgan fingerprint density at radius 3 is 2.62 bits per heavy atom. The molecule has 5 nitrogen and oxygen atoms in total. The Morgan fingerprint density at radius 1 is 1.05 bits per heavy atom. The van der Waals surface area contributed by atoms with Crippen LogP contribution in [-0.2, 0) is 20.9 Å². The number of halogens is 1. The van der Waals surface area contributed by atoms with Crippen molar-refractivity contribution < 1.29 is 28.1 Å². The number of hydrogen-bond donors (Lipinski definition) is 0. The van der Waals surface area contributed by atoms with Crippen LogP contribution < -0.4 is 9.47 Å². The summed E-state index contributed by atoms with van der Waals surface area (Å²) < 4.78 is 38.5. The number of rotatable bonds is 12. The van der Waals surface area contributed by atoms with Crippen molar-refractivity contribution in [2.75, 3.05) is 20.3 Å². The molecule has 1 aliphatic carbocycles. The lowest BCUT2D eigenvalue weighted by Gasteiger charge is -2.39. The van der Waals surface area contributed by atoms with Crippen molar-refractivity contribution in [1.82, 2.24) is 0 Å². The van der Waals surface area contributed by atoms with Crippen LogP contribution in [0.2, 0.25) is 0 Å². The molecule has 1 aliphatic heterocycles. The molecule has 0 N–H and O–H groups in total. The third kappa shape index (κ3) is 7.33. The molecule has 2 atom stereocenters. The maximum atomic E-state index is 15.2. The highest BCUT2D eigenvalue weighted by atomic mass is 19.1. The standard InChI is InChI=1S/C36H43FO5/c1-5-40-34(38)21-27(18-24-10-11-24)26-8-6-9-29(20-26)42-23-25-12-14-30(31-22-28(39-4)13-15-33(31)37)32(19-25)35-36(2,3)16-7-17-41-35/h6,8-9,12-15,19-20,22,24,27,35H,5,7,10-11,16-18,21,23H2,1-4H3/t27?,35-/m1/s1. The van der Waals surface area contributed by atoms with E-state index in [4.69, 9.17) is 18.9 Å². The zero-order chi connectivity index (χ0) is 29.7. The summed E-state index contributed by atoms with van der Waals surface area (Å²) in [4.78, 5) is 12.3. The van der Waals surface area contributed by atoms with Crippen LogP contribution >= 0.6 is 0 Å². The van der Waals surface area contributed by atoms with E-state index < -0.39 is 0 Å². The first-order chi connectivity index (χ1) is 20.3. The van der Waals surface area contributed by atoms with Crippen LogP contribution in [0.3, 0.4) is 0 Å². The second-order valence-electron chi connectivity index (χ2n) is 12.4. The molecule has 0 aromatic heterocycles. The van der Waals surface area contributed by atoms with Gasteiger partial charge in [0.2, 0.25) is 0 Å². The largest absolute Gasteiger partial charge is 0.497 e. The SMILES string of the molecule is CCOC(=O)CC(CC1CC1)c1cccc(OCc2ccc(-c3cc(OC)ccc3F)c([C@H]3OCCCC3(C)C)c2)c1. The minimum absolute atomic E-state index is 0.106. The van der Waals surface area contributed by atoms with Crippen molar-refractivity contribution in [2.45, 2.75) is 77.9 Å². The lowest BCUT2D eigenvalue weighted by molar-refractivity contribution is -0.143. The van der Waals surface area contributed by atoms with Gasteiger partial charge in [0.1, 0.15) is 23.9 Å². The molecule has 1 unspecified atom stereocenters. The molecule has 42 heavy (non-hydrogen) atoms. The predicted molar refractivity (Wildman–Crippen MR) is 162 cm³/mol. The fourth-order valence-electron chi connectivity index (χ4n) is 6.14. The summed E-state index contributed by atoms with van der Waals surface area (Å²) in [6.07, 6.45) is 5.69. The zero-order valence-electron chi connectivity index (χ0n) is 25.3. The summed E-state index contributed by atoms with van der Waals surface area (Å²) >= 11 is 0. The molecule has 5 rings (SSSR count). The Labute approximate surface area is 249 Å². The molecule has 1 saturated heterocycles. The topological polar surface area (TPSA) is 54.0 Å².